The smallest absolute Gasteiger partial charge is 0.243 e. The summed E-state index contributed by atoms with van der Waals surface area (Å²) in [5.41, 5.74) is -0.745. The first-order valence-corrected chi connectivity index (χ1v) is 5.51. The van der Waals surface area contributed by atoms with E-state index in [1.807, 2.05) is 6.92 Å². The molecule has 15 heavy (non-hydrogen) atoms. The Morgan fingerprint density at radius 2 is 2.27 bits per heavy atom. The van der Waals surface area contributed by atoms with Crippen LogP contribution in [0.2, 0.25) is 0 Å². The standard InChI is InChI=1S/C11H18N2O2/c1-2-13(7-4-8-14)10(15)11(9-12)5-3-6-11/h14H,2-8H2,1H3. The van der Waals surface area contributed by atoms with Gasteiger partial charge in [-0.25, -0.2) is 0 Å². The molecule has 1 amide bonds. The fourth-order valence-corrected chi connectivity index (χ4v) is 1.87. The number of amides is 1. The summed E-state index contributed by atoms with van der Waals surface area (Å²) in [6.45, 7) is 3.15. The fraction of sp³-hybridized carbons (Fsp3) is 0.818. The van der Waals surface area contributed by atoms with Crippen molar-refractivity contribution in [2.45, 2.75) is 32.6 Å². The molecule has 0 unspecified atom stereocenters. The Morgan fingerprint density at radius 1 is 1.60 bits per heavy atom. The van der Waals surface area contributed by atoms with Gasteiger partial charge in [-0.05, 0) is 32.6 Å². The summed E-state index contributed by atoms with van der Waals surface area (Å²) < 4.78 is 0. The third-order valence-electron chi connectivity index (χ3n) is 3.09. The average Bonchev–Trinajstić information content (AvgIpc) is 2.18. The first kappa shape index (κ1) is 12.0. The van der Waals surface area contributed by atoms with Crippen LogP contribution in [0.5, 0.6) is 0 Å². The summed E-state index contributed by atoms with van der Waals surface area (Å²) in [6, 6.07) is 2.15. The maximum absolute atomic E-state index is 12.0. The zero-order valence-electron chi connectivity index (χ0n) is 9.20. The van der Waals surface area contributed by atoms with Gasteiger partial charge in [-0.2, -0.15) is 5.26 Å². The van der Waals surface area contributed by atoms with Crippen molar-refractivity contribution in [2.24, 2.45) is 5.41 Å². The summed E-state index contributed by atoms with van der Waals surface area (Å²) >= 11 is 0. The molecule has 4 nitrogen and oxygen atoms in total. The number of aliphatic hydroxyl groups is 1. The Kier molecular flexibility index (Phi) is 4.10. The van der Waals surface area contributed by atoms with E-state index >= 15 is 0 Å². The predicted molar refractivity (Wildman–Crippen MR) is 55.9 cm³/mol. The minimum atomic E-state index is -0.745. The lowest BCUT2D eigenvalue weighted by Crippen LogP contribution is -2.47. The molecular formula is C11H18N2O2. The normalized spacial score (nSPS) is 17.7. The molecule has 0 saturated heterocycles. The number of hydrogen-bond acceptors (Lipinski definition) is 3. The highest BCUT2D eigenvalue weighted by Crippen LogP contribution is 2.41. The zero-order valence-corrected chi connectivity index (χ0v) is 9.20. The minimum absolute atomic E-state index is 0.0489. The van der Waals surface area contributed by atoms with Crippen LogP contribution in [0.3, 0.4) is 0 Å². The first-order chi connectivity index (χ1) is 7.20. The van der Waals surface area contributed by atoms with Gasteiger partial charge in [0.2, 0.25) is 5.91 Å². The quantitative estimate of drug-likeness (QED) is 0.733. The second kappa shape index (κ2) is 5.13. The molecule has 0 aromatic carbocycles. The van der Waals surface area contributed by atoms with E-state index in [0.717, 1.165) is 6.42 Å². The Hall–Kier alpha value is -1.08. The number of nitriles is 1. The molecule has 1 aliphatic carbocycles. The predicted octanol–water partition coefficient (Wildman–Crippen LogP) is 0.911. The molecule has 0 aliphatic heterocycles. The lowest BCUT2D eigenvalue weighted by Gasteiger charge is -2.37. The van der Waals surface area contributed by atoms with E-state index in [9.17, 15) is 4.79 Å². The molecule has 1 fully saturated rings. The van der Waals surface area contributed by atoms with E-state index in [1.165, 1.54) is 0 Å². The lowest BCUT2D eigenvalue weighted by atomic mass is 9.69. The van der Waals surface area contributed by atoms with Gasteiger partial charge in [-0.1, -0.05) is 0 Å². The zero-order chi connectivity index (χ0) is 11.3. The molecule has 0 bridgehead atoms. The van der Waals surface area contributed by atoms with Gasteiger partial charge in [0.05, 0.1) is 6.07 Å². The SMILES string of the molecule is CCN(CCCO)C(=O)C1(C#N)CCC1. The summed E-state index contributed by atoms with van der Waals surface area (Å²) in [7, 11) is 0. The maximum Gasteiger partial charge on any atom is 0.243 e. The van der Waals surface area contributed by atoms with Gasteiger partial charge in [-0.15, -0.1) is 0 Å². The van der Waals surface area contributed by atoms with Gasteiger partial charge >= 0.3 is 0 Å². The van der Waals surface area contributed by atoms with E-state index in [1.54, 1.807) is 4.90 Å². The first-order valence-electron chi connectivity index (χ1n) is 5.51. The molecule has 0 aromatic rings. The largest absolute Gasteiger partial charge is 0.396 e. The van der Waals surface area contributed by atoms with E-state index < -0.39 is 5.41 Å². The molecular weight excluding hydrogens is 192 g/mol. The molecule has 0 spiro atoms. The molecule has 0 atom stereocenters. The van der Waals surface area contributed by atoms with Crippen molar-refractivity contribution in [3.8, 4) is 6.07 Å². The second-order valence-electron chi connectivity index (χ2n) is 4.01. The van der Waals surface area contributed by atoms with E-state index in [4.69, 9.17) is 10.4 Å². The summed E-state index contributed by atoms with van der Waals surface area (Å²) in [5.74, 6) is -0.0489. The number of rotatable bonds is 5. The van der Waals surface area contributed by atoms with Crippen LogP contribution in [0.15, 0.2) is 0 Å². The Labute approximate surface area is 90.5 Å². The summed E-state index contributed by atoms with van der Waals surface area (Å²) in [6.07, 6.45) is 2.94. The number of hydrogen-bond donors (Lipinski definition) is 1. The highest BCUT2D eigenvalue weighted by Gasteiger charge is 2.46. The van der Waals surface area contributed by atoms with Crippen LogP contribution in [0.4, 0.5) is 0 Å². The number of carbonyl (C=O) groups excluding carboxylic acids is 1. The number of aliphatic hydroxyl groups excluding tert-OH is 1. The molecule has 0 heterocycles. The molecule has 84 valence electrons. The molecule has 4 heteroatoms. The van der Waals surface area contributed by atoms with Gasteiger partial charge in [-0.3, -0.25) is 4.79 Å². The van der Waals surface area contributed by atoms with Crippen LogP contribution >= 0.6 is 0 Å². The van der Waals surface area contributed by atoms with Crippen molar-refractivity contribution in [3.05, 3.63) is 0 Å². The van der Waals surface area contributed by atoms with Crippen molar-refractivity contribution in [2.75, 3.05) is 19.7 Å². The van der Waals surface area contributed by atoms with Crippen LogP contribution in [0, 0.1) is 16.7 Å². The fourth-order valence-electron chi connectivity index (χ4n) is 1.87. The average molecular weight is 210 g/mol. The molecule has 1 saturated carbocycles. The molecule has 1 rings (SSSR count). The van der Waals surface area contributed by atoms with Crippen LogP contribution in [-0.2, 0) is 4.79 Å². The third-order valence-corrected chi connectivity index (χ3v) is 3.09. The topological polar surface area (TPSA) is 64.3 Å². The summed E-state index contributed by atoms with van der Waals surface area (Å²) in [4.78, 5) is 13.7. The van der Waals surface area contributed by atoms with Gasteiger partial charge in [0.1, 0.15) is 5.41 Å². The molecule has 1 aliphatic rings. The van der Waals surface area contributed by atoms with Crippen molar-refractivity contribution in [1.82, 2.24) is 4.90 Å². The van der Waals surface area contributed by atoms with Gasteiger partial charge in [0, 0.05) is 19.7 Å². The van der Waals surface area contributed by atoms with Crippen LogP contribution < -0.4 is 0 Å². The molecule has 0 radical (unpaired) electrons. The minimum Gasteiger partial charge on any atom is -0.396 e. The monoisotopic (exact) mass is 210 g/mol. The number of carbonyl (C=O) groups is 1. The molecule has 0 aromatic heterocycles. The van der Waals surface area contributed by atoms with Crippen LogP contribution in [0.1, 0.15) is 32.6 Å². The van der Waals surface area contributed by atoms with Crippen molar-refractivity contribution in [1.29, 1.82) is 5.26 Å². The van der Waals surface area contributed by atoms with Crippen molar-refractivity contribution in [3.63, 3.8) is 0 Å². The highest BCUT2D eigenvalue weighted by molar-refractivity contribution is 5.86. The van der Waals surface area contributed by atoms with Crippen molar-refractivity contribution < 1.29 is 9.90 Å². The van der Waals surface area contributed by atoms with E-state index in [0.29, 0.717) is 32.4 Å². The Bertz CT molecular complexity index is 266. The lowest BCUT2D eigenvalue weighted by molar-refractivity contribution is -0.142. The van der Waals surface area contributed by atoms with E-state index in [-0.39, 0.29) is 12.5 Å². The molecule has 1 N–H and O–H groups in total. The van der Waals surface area contributed by atoms with Crippen LogP contribution in [-0.4, -0.2) is 35.6 Å². The van der Waals surface area contributed by atoms with E-state index in [2.05, 4.69) is 6.07 Å². The van der Waals surface area contributed by atoms with Crippen molar-refractivity contribution >= 4 is 5.91 Å². The van der Waals surface area contributed by atoms with Crippen LogP contribution in [0.25, 0.3) is 0 Å². The van der Waals surface area contributed by atoms with Gasteiger partial charge in [0.25, 0.3) is 0 Å². The third kappa shape index (κ3) is 2.29. The summed E-state index contributed by atoms with van der Waals surface area (Å²) in [5, 5.41) is 17.8. The Balaban J connectivity index is 2.60. The highest BCUT2D eigenvalue weighted by atomic mass is 16.3. The second-order valence-corrected chi connectivity index (χ2v) is 4.01. The van der Waals surface area contributed by atoms with Gasteiger partial charge < -0.3 is 10.0 Å². The maximum atomic E-state index is 12.0. The Morgan fingerprint density at radius 3 is 2.60 bits per heavy atom. The van der Waals surface area contributed by atoms with Gasteiger partial charge in [0.15, 0.2) is 0 Å². The number of nitrogens with zero attached hydrogens (tertiary/aromatic N) is 2.